The summed E-state index contributed by atoms with van der Waals surface area (Å²) < 4.78 is 12.3. The molecule has 1 fully saturated rings. The number of epoxide rings is 1. The Bertz CT molecular complexity index is 1740. The summed E-state index contributed by atoms with van der Waals surface area (Å²) in [6.45, 7) is 1.74. The lowest BCUT2D eigenvalue weighted by Crippen LogP contribution is -2.55. The summed E-state index contributed by atoms with van der Waals surface area (Å²) in [5.41, 5.74) is -1.34. The molecule has 0 unspecified atom stereocenters. The van der Waals surface area contributed by atoms with Crippen LogP contribution in [0.5, 0.6) is 5.75 Å². The maximum Gasteiger partial charge on any atom is 0.335 e. The van der Waals surface area contributed by atoms with E-state index in [1.54, 1.807) is 43.3 Å². The average molecular weight is 505 g/mol. The predicted molar refractivity (Wildman–Crippen MR) is 133 cm³/mol. The van der Waals surface area contributed by atoms with Gasteiger partial charge < -0.3 is 25.0 Å². The van der Waals surface area contributed by atoms with Gasteiger partial charge in [0.15, 0.2) is 11.6 Å². The van der Waals surface area contributed by atoms with E-state index in [1.807, 2.05) is 0 Å². The standard InChI is InChI=1S/C30H19NO7/c1-14-21(28(35)36)27(37-2)17-11-5-3-4-6-12-20-29(14)30(17,38-29)18-13-19(32)22-23(24(18)31-20)26(34)16-10-8-7-9-15(16)25(22)33/h3-4,7-10,13-14,17,20,31-32H,1-2H3,(H,35,36)/b4-3-/t14-,17+,20-,29-,30+/m0/s1. The Balaban J connectivity index is 1.59. The van der Waals surface area contributed by atoms with Gasteiger partial charge in [0.2, 0.25) is 0 Å². The molecule has 5 aliphatic rings. The minimum Gasteiger partial charge on any atom is -0.507 e. The highest BCUT2D eigenvalue weighted by atomic mass is 16.6. The molecular weight excluding hydrogens is 486 g/mol. The first kappa shape index (κ1) is 22.4. The Hall–Kier alpha value is -4.79. The number of ketones is 2. The zero-order chi connectivity index (χ0) is 26.6. The van der Waals surface area contributed by atoms with E-state index < -0.39 is 46.6 Å². The van der Waals surface area contributed by atoms with Crippen LogP contribution in [-0.4, -0.2) is 46.5 Å². The molecule has 5 atom stereocenters. The lowest BCUT2D eigenvalue weighted by Gasteiger charge is -2.43. The van der Waals surface area contributed by atoms with Gasteiger partial charge in [-0.3, -0.25) is 9.59 Å². The molecule has 2 aromatic carbocycles. The Morgan fingerprint density at radius 3 is 2.39 bits per heavy atom. The fraction of sp³-hybridized carbons (Fsp3) is 0.233. The van der Waals surface area contributed by atoms with Gasteiger partial charge in [-0.25, -0.2) is 4.79 Å². The van der Waals surface area contributed by atoms with Crippen molar-refractivity contribution in [3.8, 4) is 29.4 Å². The molecule has 2 heterocycles. The van der Waals surface area contributed by atoms with E-state index in [-0.39, 0.29) is 39.3 Å². The van der Waals surface area contributed by atoms with E-state index in [0.717, 1.165) is 0 Å². The quantitative estimate of drug-likeness (QED) is 0.276. The molecule has 7 rings (SSSR count). The van der Waals surface area contributed by atoms with Crippen LogP contribution in [0.1, 0.15) is 44.3 Å². The smallest absolute Gasteiger partial charge is 0.335 e. The van der Waals surface area contributed by atoms with Crippen LogP contribution in [0.25, 0.3) is 0 Å². The van der Waals surface area contributed by atoms with Crippen molar-refractivity contribution >= 4 is 23.2 Å². The third-order valence-electron chi connectivity index (χ3n) is 8.33. The molecule has 2 aliphatic heterocycles. The summed E-state index contributed by atoms with van der Waals surface area (Å²) >= 11 is 0. The maximum atomic E-state index is 13.8. The molecule has 4 bridgehead atoms. The molecule has 3 aliphatic carbocycles. The number of carboxylic acids is 1. The van der Waals surface area contributed by atoms with Crippen LogP contribution in [0, 0.1) is 35.5 Å². The zero-order valence-electron chi connectivity index (χ0n) is 20.2. The van der Waals surface area contributed by atoms with Crippen LogP contribution in [0.4, 0.5) is 5.69 Å². The normalized spacial score (nSPS) is 31.5. The highest BCUT2D eigenvalue weighted by Gasteiger charge is 2.85. The minimum absolute atomic E-state index is 0.0314. The second-order valence-electron chi connectivity index (χ2n) is 9.83. The summed E-state index contributed by atoms with van der Waals surface area (Å²) in [5.74, 6) is 8.23. The van der Waals surface area contributed by atoms with Crippen molar-refractivity contribution < 1.29 is 34.1 Å². The molecule has 38 heavy (non-hydrogen) atoms. The minimum atomic E-state index is -1.29. The fourth-order valence-corrected chi connectivity index (χ4v) is 6.79. The molecule has 2 aromatic rings. The Kier molecular flexibility index (Phi) is 4.22. The number of ether oxygens (including phenoxy) is 2. The van der Waals surface area contributed by atoms with E-state index in [2.05, 4.69) is 29.0 Å². The average Bonchev–Trinajstić information content (AvgIpc) is 3.63. The number of rotatable bonds is 2. The molecule has 3 N–H and O–H groups in total. The molecule has 186 valence electrons. The number of phenolic OH excluding ortho intramolecular Hbond substituents is 1. The van der Waals surface area contributed by atoms with Gasteiger partial charge in [-0.1, -0.05) is 54.9 Å². The third-order valence-corrected chi connectivity index (χ3v) is 8.33. The second-order valence-corrected chi connectivity index (χ2v) is 9.83. The number of carboxylic acid groups (broad SMARTS) is 1. The maximum absolute atomic E-state index is 13.8. The largest absolute Gasteiger partial charge is 0.507 e. The lowest BCUT2D eigenvalue weighted by atomic mass is 9.59. The van der Waals surface area contributed by atoms with Crippen molar-refractivity contribution in [3.63, 3.8) is 0 Å². The molecule has 0 amide bonds. The van der Waals surface area contributed by atoms with Crippen molar-refractivity contribution in [2.24, 2.45) is 11.8 Å². The van der Waals surface area contributed by atoms with Crippen LogP contribution < -0.4 is 5.32 Å². The van der Waals surface area contributed by atoms with E-state index in [1.165, 1.54) is 13.2 Å². The number of hydrogen-bond donors (Lipinski definition) is 3. The molecule has 0 saturated carbocycles. The highest BCUT2D eigenvalue weighted by Crippen LogP contribution is 2.74. The molecule has 8 heteroatoms. The Morgan fingerprint density at radius 2 is 1.74 bits per heavy atom. The Labute approximate surface area is 216 Å². The second kappa shape index (κ2) is 7.16. The molecule has 0 aromatic heterocycles. The van der Waals surface area contributed by atoms with Gasteiger partial charge in [-0.2, -0.15) is 0 Å². The van der Waals surface area contributed by atoms with Crippen LogP contribution in [0.2, 0.25) is 0 Å². The number of fused-ring (bicyclic) bond motifs is 4. The van der Waals surface area contributed by atoms with Crippen LogP contribution in [-0.2, 0) is 19.9 Å². The van der Waals surface area contributed by atoms with Crippen molar-refractivity contribution in [2.75, 3.05) is 12.4 Å². The van der Waals surface area contributed by atoms with Crippen LogP contribution >= 0.6 is 0 Å². The van der Waals surface area contributed by atoms with Crippen molar-refractivity contribution in [2.45, 2.75) is 24.2 Å². The summed E-state index contributed by atoms with van der Waals surface area (Å²) in [4.78, 5) is 39.7. The number of hydrogen-bond acceptors (Lipinski definition) is 7. The first-order valence-electron chi connectivity index (χ1n) is 12.0. The summed E-state index contributed by atoms with van der Waals surface area (Å²) in [6.07, 6.45) is 3.15. The van der Waals surface area contributed by atoms with E-state index in [9.17, 15) is 24.6 Å². The van der Waals surface area contributed by atoms with Crippen LogP contribution in [0.15, 0.2) is 53.8 Å². The van der Waals surface area contributed by atoms with Crippen molar-refractivity contribution in [1.29, 1.82) is 0 Å². The summed E-state index contributed by atoms with van der Waals surface area (Å²) in [7, 11) is 1.39. The molecule has 8 nitrogen and oxygen atoms in total. The van der Waals surface area contributed by atoms with Gasteiger partial charge in [0.1, 0.15) is 34.7 Å². The number of allylic oxidation sites excluding steroid dienone is 2. The van der Waals surface area contributed by atoms with Crippen molar-refractivity contribution in [1.82, 2.24) is 0 Å². The predicted octanol–water partition coefficient (Wildman–Crippen LogP) is 2.75. The number of phenols is 1. The topological polar surface area (TPSA) is 125 Å². The first-order chi connectivity index (χ1) is 18.3. The number of benzene rings is 2. The number of anilines is 1. The number of carbonyl (C=O) groups excluding carboxylic acids is 2. The zero-order valence-corrected chi connectivity index (χ0v) is 20.2. The van der Waals surface area contributed by atoms with E-state index in [0.29, 0.717) is 11.3 Å². The SMILES string of the molecule is COC1=C(C(=O)O)[C@H](C)[C@@]23O[C@]24c2cc(O)c5c(c2N[C@H]3C#C/C=C\C#C[C@H]14)C(=O)c1ccccc1C5=O. The van der Waals surface area contributed by atoms with Gasteiger partial charge in [0.25, 0.3) is 0 Å². The lowest BCUT2D eigenvalue weighted by molar-refractivity contribution is -0.134. The molecule has 0 radical (unpaired) electrons. The van der Waals surface area contributed by atoms with Gasteiger partial charge in [0.05, 0.1) is 29.5 Å². The van der Waals surface area contributed by atoms with Crippen molar-refractivity contribution in [3.05, 3.63) is 81.6 Å². The van der Waals surface area contributed by atoms with E-state index in [4.69, 9.17) is 9.47 Å². The van der Waals surface area contributed by atoms with Crippen LogP contribution in [0.3, 0.4) is 0 Å². The highest BCUT2D eigenvalue weighted by molar-refractivity contribution is 6.31. The first-order valence-corrected chi connectivity index (χ1v) is 12.0. The summed E-state index contributed by atoms with van der Waals surface area (Å²) in [5, 5.41) is 24.7. The number of aromatic hydroxyl groups is 1. The van der Waals surface area contributed by atoms with E-state index >= 15 is 0 Å². The Morgan fingerprint density at radius 1 is 1.08 bits per heavy atom. The number of carbonyl (C=O) groups is 3. The number of methoxy groups -OCH3 is 1. The van der Waals surface area contributed by atoms with Gasteiger partial charge in [-0.05, 0) is 18.2 Å². The number of aliphatic carboxylic acids is 1. The monoisotopic (exact) mass is 505 g/mol. The number of nitrogens with one attached hydrogen (secondary N) is 1. The van der Waals surface area contributed by atoms with Gasteiger partial charge in [0, 0.05) is 22.6 Å². The third kappa shape index (κ3) is 2.35. The molecule has 1 saturated heterocycles. The summed E-state index contributed by atoms with van der Waals surface area (Å²) in [6, 6.07) is 7.14. The fourth-order valence-electron chi connectivity index (χ4n) is 6.79. The van der Waals surface area contributed by atoms with Gasteiger partial charge >= 0.3 is 5.97 Å². The molecular formula is C30H19NO7. The molecule has 0 spiro atoms. The van der Waals surface area contributed by atoms with Gasteiger partial charge in [-0.15, -0.1) is 0 Å².